The average molecular weight is 272 g/mol. The number of hydrogen-bond donors (Lipinski definition) is 2. The highest BCUT2D eigenvalue weighted by Crippen LogP contribution is 2.20. The maximum Gasteiger partial charge on any atom is 0.287 e. The van der Waals surface area contributed by atoms with Crippen LogP contribution in [0.4, 0.5) is 0 Å². The molecular formula is C13H12N4O3. The standard InChI is InChI=1S/C13H12N4O3/c1-8-2-3-9(6-14)4-12(8)19-7-10-5-11(17-20-10)13(18)16-15/h2-5H,7,15H2,1H3,(H,16,18). The fourth-order valence-corrected chi connectivity index (χ4v) is 1.54. The van der Waals surface area contributed by atoms with Gasteiger partial charge in [-0.2, -0.15) is 5.26 Å². The van der Waals surface area contributed by atoms with Gasteiger partial charge < -0.3 is 9.26 Å². The molecular weight excluding hydrogens is 260 g/mol. The summed E-state index contributed by atoms with van der Waals surface area (Å²) in [5, 5.41) is 12.4. The molecule has 2 rings (SSSR count). The molecule has 0 radical (unpaired) electrons. The monoisotopic (exact) mass is 272 g/mol. The molecule has 0 fully saturated rings. The number of nitriles is 1. The molecule has 0 unspecified atom stereocenters. The van der Waals surface area contributed by atoms with Gasteiger partial charge in [0.2, 0.25) is 0 Å². The first-order valence-corrected chi connectivity index (χ1v) is 5.74. The van der Waals surface area contributed by atoms with E-state index in [2.05, 4.69) is 5.16 Å². The van der Waals surface area contributed by atoms with Gasteiger partial charge in [0.05, 0.1) is 11.6 Å². The Kier molecular flexibility index (Phi) is 3.98. The van der Waals surface area contributed by atoms with Gasteiger partial charge in [-0.05, 0) is 24.6 Å². The molecule has 0 saturated carbocycles. The van der Waals surface area contributed by atoms with E-state index in [1.54, 1.807) is 18.2 Å². The molecule has 1 aromatic carbocycles. The third-order valence-electron chi connectivity index (χ3n) is 2.61. The lowest BCUT2D eigenvalue weighted by atomic mass is 10.1. The Bertz CT molecular complexity index is 672. The van der Waals surface area contributed by atoms with Crippen LogP contribution in [0.2, 0.25) is 0 Å². The molecule has 0 bridgehead atoms. The van der Waals surface area contributed by atoms with Gasteiger partial charge in [0.1, 0.15) is 12.4 Å². The van der Waals surface area contributed by atoms with Crippen molar-refractivity contribution in [2.24, 2.45) is 5.84 Å². The molecule has 7 nitrogen and oxygen atoms in total. The van der Waals surface area contributed by atoms with Crippen molar-refractivity contribution in [2.45, 2.75) is 13.5 Å². The highest BCUT2D eigenvalue weighted by atomic mass is 16.5. The van der Waals surface area contributed by atoms with Crippen LogP contribution in [0.5, 0.6) is 5.75 Å². The zero-order valence-corrected chi connectivity index (χ0v) is 10.7. The molecule has 2 aromatic rings. The molecule has 0 atom stereocenters. The predicted octanol–water partition coefficient (Wildman–Crippen LogP) is 1.04. The van der Waals surface area contributed by atoms with E-state index in [9.17, 15) is 4.79 Å². The predicted molar refractivity (Wildman–Crippen MR) is 68.4 cm³/mol. The minimum absolute atomic E-state index is 0.0774. The fourth-order valence-electron chi connectivity index (χ4n) is 1.54. The molecule has 0 aliphatic rings. The lowest BCUT2D eigenvalue weighted by molar-refractivity contribution is 0.0944. The summed E-state index contributed by atoms with van der Waals surface area (Å²) in [5.41, 5.74) is 3.43. The molecule has 7 heteroatoms. The highest BCUT2D eigenvalue weighted by Gasteiger charge is 2.12. The van der Waals surface area contributed by atoms with Gasteiger partial charge in [0, 0.05) is 6.07 Å². The largest absolute Gasteiger partial charge is 0.485 e. The van der Waals surface area contributed by atoms with Gasteiger partial charge in [0.15, 0.2) is 11.5 Å². The molecule has 0 aliphatic heterocycles. The van der Waals surface area contributed by atoms with Crippen LogP contribution in [-0.2, 0) is 6.61 Å². The Hall–Kier alpha value is -2.85. The van der Waals surface area contributed by atoms with E-state index < -0.39 is 5.91 Å². The van der Waals surface area contributed by atoms with E-state index in [1.165, 1.54) is 6.07 Å². The number of hydrogen-bond acceptors (Lipinski definition) is 6. The second-order valence-corrected chi connectivity index (χ2v) is 4.03. The van der Waals surface area contributed by atoms with Gasteiger partial charge in [-0.1, -0.05) is 11.2 Å². The van der Waals surface area contributed by atoms with Crippen LogP contribution in [0.25, 0.3) is 0 Å². The number of hydrazine groups is 1. The lowest BCUT2D eigenvalue weighted by Gasteiger charge is -2.07. The summed E-state index contributed by atoms with van der Waals surface area (Å²) in [6.07, 6.45) is 0. The second kappa shape index (κ2) is 5.86. The summed E-state index contributed by atoms with van der Waals surface area (Å²) in [7, 11) is 0. The van der Waals surface area contributed by atoms with Gasteiger partial charge in [-0.25, -0.2) is 5.84 Å². The normalized spacial score (nSPS) is 9.85. The Morgan fingerprint density at radius 1 is 1.55 bits per heavy atom. The average Bonchev–Trinajstić information content (AvgIpc) is 2.94. The molecule has 0 saturated heterocycles. The molecule has 1 heterocycles. The summed E-state index contributed by atoms with van der Waals surface area (Å²) in [5.74, 6) is 5.40. The van der Waals surface area contributed by atoms with Crippen molar-refractivity contribution in [3.63, 3.8) is 0 Å². The summed E-state index contributed by atoms with van der Waals surface area (Å²) in [4.78, 5) is 11.2. The van der Waals surface area contributed by atoms with Crippen LogP contribution in [0, 0.1) is 18.3 Å². The molecule has 3 N–H and O–H groups in total. The number of nitrogens with two attached hydrogens (primary N) is 1. The Morgan fingerprint density at radius 3 is 3.05 bits per heavy atom. The van der Waals surface area contributed by atoms with Crippen LogP contribution in [0.3, 0.4) is 0 Å². The Labute approximate surface area is 114 Å². The number of nitrogens with zero attached hydrogens (tertiary/aromatic N) is 2. The van der Waals surface area contributed by atoms with Gasteiger partial charge in [-0.15, -0.1) is 0 Å². The highest BCUT2D eigenvalue weighted by molar-refractivity contribution is 5.91. The van der Waals surface area contributed by atoms with Crippen molar-refractivity contribution >= 4 is 5.91 Å². The van der Waals surface area contributed by atoms with Crippen LogP contribution >= 0.6 is 0 Å². The van der Waals surface area contributed by atoms with Crippen LogP contribution in [0.15, 0.2) is 28.8 Å². The number of rotatable bonds is 4. The quantitative estimate of drug-likeness (QED) is 0.488. The summed E-state index contributed by atoms with van der Waals surface area (Å²) in [6.45, 7) is 1.96. The summed E-state index contributed by atoms with van der Waals surface area (Å²) < 4.78 is 10.5. The fraction of sp³-hybridized carbons (Fsp3) is 0.154. The summed E-state index contributed by atoms with van der Waals surface area (Å²) in [6, 6.07) is 8.61. The molecule has 1 aromatic heterocycles. The van der Waals surface area contributed by atoms with Crippen molar-refractivity contribution in [3.05, 3.63) is 46.8 Å². The molecule has 0 aliphatic carbocycles. The topological polar surface area (TPSA) is 114 Å². The zero-order chi connectivity index (χ0) is 14.5. The maximum absolute atomic E-state index is 11.2. The molecule has 1 amide bonds. The third-order valence-corrected chi connectivity index (χ3v) is 2.61. The van der Waals surface area contributed by atoms with Crippen molar-refractivity contribution in [3.8, 4) is 11.8 Å². The number of carbonyl (C=O) groups is 1. The van der Waals surface area contributed by atoms with E-state index in [-0.39, 0.29) is 12.3 Å². The van der Waals surface area contributed by atoms with E-state index in [0.717, 1.165) is 5.56 Å². The van der Waals surface area contributed by atoms with E-state index in [4.69, 9.17) is 20.4 Å². The number of nitrogens with one attached hydrogen (secondary N) is 1. The second-order valence-electron chi connectivity index (χ2n) is 4.03. The minimum Gasteiger partial charge on any atom is -0.485 e. The van der Waals surface area contributed by atoms with Crippen molar-refractivity contribution in [1.29, 1.82) is 5.26 Å². The number of nitrogen functional groups attached to an aromatic ring is 1. The number of amides is 1. The minimum atomic E-state index is -0.539. The molecule has 0 spiro atoms. The van der Waals surface area contributed by atoms with Gasteiger partial charge in [0.25, 0.3) is 5.91 Å². The SMILES string of the molecule is Cc1ccc(C#N)cc1OCc1cc(C(=O)NN)no1. The summed E-state index contributed by atoms with van der Waals surface area (Å²) >= 11 is 0. The van der Waals surface area contributed by atoms with Gasteiger partial charge in [-0.3, -0.25) is 10.2 Å². The zero-order valence-electron chi connectivity index (χ0n) is 10.7. The van der Waals surface area contributed by atoms with Crippen molar-refractivity contribution in [2.75, 3.05) is 0 Å². The maximum atomic E-state index is 11.2. The molecule has 102 valence electrons. The van der Waals surface area contributed by atoms with Crippen LogP contribution in [0.1, 0.15) is 27.4 Å². The number of aromatic nitrogens is 1. The van der Waals surface area contributed by atoms with Crippen molar-refractivity contribution < 1.29 is 14.1 Å². The van der Waals surface area contributed by atoms with E-state index in [1.807, 2.05) is 18.4 Å². The van der Waals surface area contributed by atoms with Gasteiger partial charge >= 0.3 is 0 Å². The Balaban J connectivity index is 2.07. The first-order chi connectivity index (χ1) is 9.63. The number of ether oxygens (including phenoxy) is 1. The third kappa shape index (κ3) is 2.93. The smallest absolute Gasteiger partial charge is 0.287 e. The first kappa shape index (κ1) is 13.6. The number of carbonyl (C=O) groups excluding carboxylic acids is 1. The van der Waals surface area contributed by atoms with Crippen LogP contribution in [-0.4, -0.2) is 11.1 Å². The first-order valence-electron chi connectivity index (χ1n) is 5.74. The number of benzene rings is 1. The molecule has 20 heavy (non-hydrogen) atoms. The van der Waals surface area contributed by atoms with E-state index >= 15 is 0 Å². The van der Waals surface area contributed by atoms with E-state index in [0.29, 0.717) is 17.1 Å². The van der Waals surface area contributed by atoms with Crippen molar-refractivity contribution in [1.82, 2.24) is 10.6 Å². The Morgan fingerprint density at radius 2 is 2.35 bits per heavy atom. The van der Waals surface area contributed by atoms with Crippen LogP contribution < -0.4 is 16.0 Å². The lowest BCUT2D eigenvalue weighted by Crippen LogP contribution is -2.30. The number of aryl methyl sites for hydroxylation is 1.